The summed E-state index contributed by atoms with van der Waals surface area (Å²) in [7, 11) is 0. The molecule has 0 atom stereocenters. The van der Waals surface area contributed by atoms with Gasteiger partial charge >= 0.3 is 6.03 Å². The van der Waals surface area contributed by atoms with Crippen molar-refractivity contribution < 1.29 is 4.79 Å². The SMILES string of the molecule is CCCNC(=O)NC(C)(C)c1ccc(N)cc1. The van der Waals surface area contributed by atoms with Crippen LogP contribution in [0.15, 0.2) is 24.3 Å². The average Bonchev–Trinajstić information content (AvgIpc) is 2.26. The predicted molar refractivity (Wildman–Crippen MR) is 70.7 cm³/mol. The minimum absolute atomic E-state index is 0.145. The molecule has 4 nitrogen and oxygen atoms in total. The van der Waals surface area contributed by atoms with Crippen molar-refractivity contribution in [3.63, 3.8) is 0 Å². The monoisotopic (exact) mass is 235 g/mol. The van der Waals surface area contributed by atoms with Crippen molar-refractivity contribution in [1.29, 1.82) is 0 Å². The molecule has 0 aliphatic rings. The number of nitrogens with one attached hydrogen (secondary N) is 2. The summed E-state index contributed by atoms with van der Waals surface area (Å²) in [5, 5.41) is 5.73. The Morgan fingerprint density at radius 3 is 2.41 bits per heavy atom. The third kappa shape index (κ3) is 3.98. The van der Waals surface area contributed by atoms with E-state index in [-0.39, 0.29) is 6.03 Å². The Morgan fingerprint density at radius 1 is 1.29 bits per heavy atom. The summed E-state index contributed by atoms with van der Waals surface area (Å²) in [4.78, 5) is 11.6. The van der Waals surface area contributed by atoms with E-state index < -0.39 is 5.54 Å². The van der Waals surface area contributed by atoms with E-state index in [0.717, 1.165) is 17.7 Å². The summed E-state index contributed by atoms with van der Waals surface area (Å²) in [5.41, 5.74) is 6.97. The number of nitrogens with two attached hydrogens (primary N) is 1. The smallest absolute Gasteiger partial charge is 0.315 e. The fourth-order valence-electron chi connectivity index (χ4n) is 1.54. The lowest BCUT2D eigenvalue weighted by atomic mass is 9.94. The number of hydrogen-bond acceptors (Lipinski definition) is 2. The van der Waals surface area contributed by atoms with Crippen LogP contribution in [0, 0.1) is 0 Å². The van der Waals surface area contributed by atoms with E-state index in [1.807, 2.05) is 45.0 Å². The maximum atomic E-state index is 11.6. The molecule has 1 aromatic carbocycles. The zero-order valence-corrected chi connectivity index (χ0v) is 10.7. The first-order valence-electron chi connectivity index (χ1n) is 5.87. The molecule has 1 rings (SSSR count). The van der Waals surface area contributed by atoms with E-state index in [1.54, 1.807) is 0 Å². The molecule has 0 aliphatic carbocycles. The van der Waals surface area contributed by atoms with Gasteiger partial charge in [0.25, 0.3) is 0 Å². The average molecular weight is 235 g/mol. The maximum absolute atomic E-state index is 11.6. The summed E-state index contributed by atoms with van der Waals surface area (Å²) < 4.78 is 0. The molecule has 0 heterocycles. The molecule has 0 fully saturated rings. The molecule has 0 spiro atoms. The Labute approximate surface area is 103 Å². The van der Waals surface area contributed by atoms with Gasteiger partial charge in [0.1, 0.15) is 0 Å². The first-order chi connectivity index (χ1) is 7.95. The van der Waals surface area contributed by atoms with Gasteiger partial charge in [-0.3, -0.25) is 0 Å². The summed E-state index contributed by atoms with van der Waals surface area (Å²) >= 11 is 0. The summed E-state index contributed by atoms with van der Waals surface area (Å²) in [6.45, 7) is 6.63. The van der Waals surface area contributed by atoms with Crippen molar-refractivity contribution >= 4 is 11.7 Å². The van der Waals surface area contributed by atoms with Gasteiger partial charge in [-0.05, 0) is 38.0 Å². The number of rotatable bonds is 4. The topological polar surface area (TPSA) is 67.2 Å². The van der Waals surface area contributed by atoms with Gasteiger partial charge in [0.2, 0.25) is 0 Å². The molecule has 4 N–H and O–H groups in total. The molecule has 0 saturated carbocycles. The van der Waals surface area contributed by atoms with Crippen LogP contribution in [0.4, 0.5) is 10.5 Å². The van der Waals surface area contributed by atoms with Gasteiger partial charge in [-0.2, -0.15) is 0 Å². The Kier molecular flexibility index (Phi) is 4.37. The van der Waals surface area contributed by atoms with Crippen molar-refractivity contribution in [2.75, 3.05) is 12.3 Å². The third-order valence-corrected chi connectivity index (χ3v) is 2.59. The molecule has 0 unspecified atom stereocenters. The van der Waals surface area contributed by atoms with Crippen LogP contribution in [0.2, 0.25) is 0 Å². The van der Waals surface area contributed by atoms with Crippen LogP contribution >= 0.6 is 0 Å². The number of amides is 2. The summed E-state index contributed by atoms with van der Waals surface area (Å²) in [6, 6.07) is 7.38. The van der Waals surface area contributed by atoms with E-state index >= 15 is 0 Å². The van der Waals surface area contributed by atoms with Crippen LogP contribution in [0.25, 0.3) is 0 Å². The van der Waals surface area contributed by atoms with Crippen LogP contribution in [0.5, 0.6) is 0 Å². The molecular weight excluding hydrogens is 214 g/mol. The lowest BCUT2D eigenvalue weighted by Gasteiger charge is -2.27. The number of carbonyl (C=O) groups excluding carboxylic acids is 1. The fourth-order valence-corrected chi connectivity index (χ4v) is 1.54. The van der Waals surface area contributed by atoms with Gasteiger partial charge in [0.15, 0.2) is 0 Å². The molecule has 0 bridgehead atoms. The molecule has 2 amide bonds. The molecule has 0 aromatic heterocycles. The van der Waals surface area contributed by atoms with Crippen LogP contribution in [0.1, 0.15) is 32.8 Å². The van der Waals surface area contributed by atoms with Crippen LogP contribution in [0.3, 0.4) is 0 Å². The molecule has 17 heavy (non-hydrogen) atoms. The van der Waals surface area contributed by atoms with Gasteiger partial charge in [-0.15, -0.1) is 0 Å². The number of nitrogen functional groups attached to an aromatic ring is 1. The summed E-state index contributed by atoms with van der Waals surface area (Å²) in [5.74, 6) is 0. The highest BCUT2D eigenvalue weighted by atomic mass is 16.2. The van der Waals surface area contributed by atoms with Crippen molar-refractivity contribution in [3.05, 3.63) is 29.8 Å². The maximum Gasteiger partial charge on any atom is 0.315 e. The molecule has 94 valence electrons. The van der Waals surface area contributed by atoms with Crippen molar-refractivity contribution in [2.45, 2.75) is 32.7 Å². The Bertz CT molecular complexity index is 371. The molecule has 4 heteroatoms. The van der Waals surface area contributed by atoms with Crippen LogP contribution < -0.4 is 16.4 Å². The second kappa shape index (κ2) is 5.57. The van der Waals surface area contributed by atoms with Crippen molar-refractivity contribution in [1.82, 2.24) is 10.6 Å². The lowest BCUT2D eigenvalue weighted by Crippen LogP contribution is -2.46. The molecule has 0 aliphatic heterocycles. The lowest BCUT2D eigenvalue weighted by molar-refractivity contribution is 0.230. The predicted octanol–water partition coefficient (Wildman–Crippen LogP) is 2.21. The first kappa shape index (κ1) is 13.4. The normalized spacial score (nSPS) is 11.0. The number of hydrogen-bond donors (Lipinski definition) is 3. The summed E-state index contributed by atoms with van der Waals surface area (Å²) in [6.07, 6.45) is 0.926. The number of anilines is 1. The van der Waals surface area contributed by atoms with E-state index in [4.69, 9.17) is 5.73 Å². The Hall–Kier alpha value is -1.71. The minimum atomic E-state index is -0.411. The molecule has 0 radical (unpaired) electrons. The largest absolute Gasteiger partial charge is 0.399 e. The number of carbonyl (C=O) groups is 1. The molecule has 1 aromatic rings. The van der Waals surface area contributed by atoms with E-state index in [2.05, 4.69) is 10.6 Å². The van der Waals surface area contributed by atoms with Crippen LogP contribution in [-0.4, -0.2) is 12.6 Å². The van der Waals surface area contributed by atoms with E-state index in [0.29, 0.717) is 6.54 Å². The zero-order valence-electron chi connectivity index (χ0n) is 10.7. The minimum Gasteiger partial charge on any atom is -0.399 e. The standard InChI is InChI=1S/C13H21N3O/c1-4-9-15-12(17)16-13(2,3)10-5-7-11(14)8-6-10/h5-8H,4,9,14H2,1-3H3,(H2,15,16,17). The van der Waals surface area contributed by atoms with Gasteiger partial charge in [-0.25, -0.2) is 4.79 Å². The van der Waals surface area contributed by atoms with E-state index in [9.17, 15) is 4.79 Å². The first-order valence-corrected chi connectivity index (χ1v) is 5.87. The molecular formula is C13H21N3O. The third-order valence-electron chi connectivity index (χ3n) is 2.59. The van der Waals surface area contributed by atoms with Gasteiger partial charge in [0.05, 0.1) is 5.54 Å². The highest BCUT2D eigenvalue weighted by molar-refractivity contribution is 5.75. The van der Waals surface area contributed by atoms with E-state index in [1.165, 1.54) is 0 Å². The highest BCUT2D eigenvalue weighted by Gasteiger charge is 2.22. The highest BCUT2D eigenvalue weighted by Crippen LogP contribution is 2.20. The van der Waals surface area contributed by atoms with Crippen LogP contribution in [-0.2, 0) is 5.54 Å². The number of urea groups is 1. The Morgan fingerprint density at radius 2 is 1.88 bits per heavy atom. The second-order valence-electron chi connectivity index (χ2n) is 4.63. The van der Waals surface area contributed by atoms with Gasteiger partial charge in [-0.1, -0.05) is 19.1 Å². The zero-order chi connectivity index (χ0) is 12.9. The second-order valence-corrected chi connectivity index (χ2v) is 4.63. The fraction of sp³-hybridized carbons (Fsp3) is 0.462. The number of benzene rings is 1. The molecule has 0 saturated heterocycles. The van der Waals surface area contributed by atoms with Gasteiger partial charge < -0.3 is 16.4 Å². The van der Waals surface area contributed by atoms with Crippen molar-refractivity contribution in [3.8, 4) is 0 Å². The quantitative estimate of drug-likeness (QED) is 0.700. The Balaban J connectivity index is 2.67. The van der Waals surface area contributed by atoms with Gasteiger partial charge in [0, 0.05) is 12.2 Å². The van der Waals surface area contributed by atoms with Crippen molar-refractivity contribution in [2.24, 2.45) is 0 Å².